The van der Waals surface area contributed by atoms with Gasteiger partial charge in [0.15, 0.2) is 0 Å². The van der Waals surface area contributed by atoms with Gasteiger partial charge in [-0.2, -0.15) is 0 Å². The van der Waals surface area contributed by atoms with Crippen molar-refractivity contribution in [2.24, 2.45) is 11.1 Å². The number of rotatable bonds is 4. The largest absolute Gasteiger partial charge is 0.323 e. The van der Waals surface area contributed by atoms with Crippen molar-refractivity contribution in [3.63, 3.8) is 0 Å². The third-order valence-corrected chi connectivity index (χ3v) is 5.08. The zero-order valence-electron chi connectivity index (χ0n) is 12.8. The highest BCUT2D eigenvalue weighted by atomic mass is 14.7. The fourth-order valence-corrected chi connectivity index (χ4v) is 3.52. The molecule has 1 heteroatoms. The van der Waals surface area contributed by atoms with E-state index in [-0.39, 0.29) is 6.04 Å². The number of aryl methyl sites for hydroxylation is 2. The summed E-state index contributed by atoms with van der Waals surface area (Å²) in [4.78, 5) is 0. The van der Waals surface area contributed by atoms with Crippen LogP contribution in [0.25, 0.3) is 0 Å². The summed E-state index contributed by atoms with van der Waals surface area (Å²) in [6, 6.07) is 7.12. The smallest absolute Gasteiger partial charge is 0.0352 e. The minimum absolute atomic E-state index is 0.203. The Hall–Kier alpha value is -0.820. The molecule has 0 bridgehead atoms. The van der Waals surface area contributed by atoms with Gasteiger partial charge in [-0.05, 0) is 47.8 Å². The molecule has 1 saturated carbocycles. The maximum atomic E-state index is 6.70. The summed E-state index contributed by atoms with van der Waals surface area (Å²) in [5.74, 6) is 0. The first-order chi connectivity index (χ1) is 9.10. The molecule has 1 aliphatic rings. The molecule has 0 amide bonds. The van der Waals surface area contributed by atoms with Crippen molar-refractivity contribution in [2.45, 2.75) is 71.8 Å². The minimum atomic E-state index is 0.203. The van der Waals surface area contributed by atoms with Crippen molar-refractivity contribution in [1.82, 2.24) is 0 Å². The van der Waals surface area contributed by atoms with Crippen LogP contribution in [0.2, 0.25) is 0 Å². The molecular formula is C18H29N. The SMILES string of the molecule is CCc1ccc(CC)c(C(N)C2(C)CCCCC2)c1. The van der Waals surface area contributed by atoms with E-state index < -0.39 is 0 Å². The van der Waals surface area contributed by atoms with Crippen molar-refractivity contribution >= 4 is 0 Å². The maximum absolute atomic E-state index is 6.70. The number of nitrogens with two attached hydrogens (primary N) is 1. The van der Waals surface area contributed by atoms with Crippen molar-refractivity contribution in [2.75, 3.05) is 0 Å². The van der Waals surface area contributed by atoms with E-state index in [1.807, 2.05) is 0 Å². The Balaban J connectivity index is 2.33. The predicted molar refractivity (Wildman–Crippen MR) is 83.3 cm³/mol. The summed E-state index contributed by atoms with van der Waals surface area (Å²) in [6.07, 6.45) is 8.83. The molecule has 2 N–H and O–H groups in total. The van der Waals surface area contributed by atoms with Crippen LogP contribution in [0.15, 0.2) is 18.2 Å². The van der Waals surface area contributed by atoms with Crippen LogP contribution in [0, 0.1) is 5.41 Å². The van der Waals surface area contributed by atoms with Crippen LogP contribution in [0.5, 0.6) is 0 Å². The predicted octanol–water partition coefficient (Wildman–Crippen LogP) is 4.78. The summed E-state index contributed by atoms with van der Waals surface area (Å²) in [5, 5.41) is 0. The third-order valence-electron chi connectivity index (χ3n) is 5.08. The molecule has 0 spiro atoms. The highest BCUT2D eigenvalue weighted by molar-refractivity contribution is 5.35. The standard InChI is InChI=1S/C18H29N/c1-4-14-9-10-15(5-2)16(13-14)17(19)18(3)11-7-6-8-12-18/h9-10,13,17H,4-8,11-12,19H2,1-3H3. The van der Waals surface area contributed by atoms with Crippen molar-refractivity contribution in [3.8, 4) is 0 Å². The first-order valence-corrected chi connectivity index (χ1v) is 7.98. The van der Waals surface area contributed by atoms with E-state index in [1.54, 1.807) is 0 Å². The van der Waals surface area contributed by atoms with Gasteiger partial charge in [-0.3, -0.25) is 0 Å². The van der Waals surface area contributed by atoms with Crippen LogP contribution in [-0.2, 0) is 12.8 Å². The van der Waals surface area contributed by atoms with E-state index in [0.29, 0.717) is 5.41 Å². The van der Waals surface area contributed by atoms with Gasteiger partial charge >= 0.3 is 0 Å². The molecule has 0 radical (unpaired) electrons. The zero-order valence-corrected chi connectivity index (χ0v) is 12.8. The summed E-state index contributed by atoms with van der Waals surface area (Å²) >= 11 is 0. The number of hydrogen-bond acceptors (Lipinski definition) is 1. The lowest BCUT2D eigenvalue weighted by Crippen LogP contribution is -2.34. The Labute approximate surface area is 118 Å². The highest BCUT2D eigenvalue weighted by Gasteiger charge is 2.34. The fourth-order valence-electron chi connectivity index (χ4n) is 3.52. The van der Waals surface area contributed by atoms with Gasteiger partial charge in [0.2, 0.25) is 0 Å². The van der Waals surface area contributed by atoms with Gasteiger partial charge in [0.25, 0.3) is 0 Å². The lowest BCUT2D eigenvalue weighted by Gasteiger charge is -2.40. The van der Waals surface area contributed by atoms with Gasteiger partial charge in [0, 0.05) is 6.04 Å². The molecule has 1 aliphatic carbocycles. The van der Waals surface area contributed by atoms with Gasteiger partial charge in [0.1, 0.15) is 0 Å². The fraction of sp³-hybridized carbons (Fsp3) is 0.667. The maximum Gasteiger partial charge on any atom is 0.0352 e. The molecule has 2 rings (SSSR count). The molecular weight excluding hydrogens is 230 g/mol. The van der Waals surface area contributed by atoms with Gasteiger partial charge in [-0.15, -0.1) is 0 Å². The third kappa shape index (κ3) is 3.02. The molecule has 1 aromatic carbocycles. The second kappa shape index (κ2) is 6.09. The number of benzene rings is 1. The molecule has 1 unspecified atom stereocenters. The molecule has 0 aromatic heterocycles. The van der Waals surface area contributed by atoms with E-state index in [2.05, 4.69) is 39.0 Å². The van der Waals surface area contributed by atoms with Crippen LogP contribution in [0.1, 0.15) is 75.6 Å². The quantitative estimate of drug-likeness (QED) is 0.827. The lowest BCUT2D eigenvalue weighted by atomic mass is 9.68. The highest BCUT2D eigenvalue weighted by Crippen LogP contribution is 2.45. The average molecular weight is 259 g/mol. The van der Waals surface area contributed by atoms with E-state index in [1.165, 1.54) is 48.8 Å². The van der Waals surface area contributed by atoms with E-state index in [0.717, 1.165) is 12.8 Å². The first-order valence-electron chi connectivity index (χ1n) is 7.98. The molecule has 0 saturated heterocycles. The van der Waals surface area contributed by atoms with Crippen molar-refractivity contribution < 1.29 is 0 Å². The van der Waals surface area contributed by atoms with Gasteiger partial charge < -0.3 is 5.73 Å². The Morgan fingerprint density at radius 3 is 2.37 bits per heavy atom. The van der Waals surface area contributed by atoms with E-state index >= 15 is 0 Å². The summed E-state index contributed by atoms with van der Waals surface area (Å²) < 4.78 is 0. The monoisotopic (exact) mass is 259 g/mol. The molecule has 1 fully saturated rings. The van der Waals surface area contributed by atoms with Gasteiger partial charge in [-0.1, -0.05) is 58.2 Å². The molecule has 0 aliphatic heterocycles. The summed E-state index contributed by atoms with van der Waals surface area (Å²) in [5.41, 5.74) is 11.3. The topological polar surface area (TPSA) is 26.0 Å². The Kier molecular flexibility index (Phi) is 4.67. The van der Waals surface area contributed by atoms with E-state index in [9.17, 15) is 0 Å². The van der Waals surface area contributed by atoms with Gasteiger partial charge in [-0.25, -0.2) is 0 Å². The van der Waals surface area contributed by atoms with Crippen LogP contribution in [0.3, 0.4) is 0 Å². The van der Waals surface area contributed by atoms with Crippen molar-refractivity contribution in [1.29, 1.82) is 0 Å². The zero-order chi connectivity index (χ0) is 13.9. The van der Waals surface area contributed by atoms with Gasteiger partial charge in [0.05, 0.1) is 0 Å². The second-order valence-electron chi connectivity index (χ2n) is 6.43. The second-order valence-corrected chi connectivity index (χ2v) is 6.43. The number of hydrogen-bond donors (Lipinski definition) is 1. The van der Waals surface area contributed by atoms with Crippen LogP contribution in [0.4, 0.5) is 0 Å². The van der Waals surface area contributed by atoms with Crippen LogP contribution >= 0.6 is 0 Å². The van der Waals surface area contributed by atoms with Crippen molar-refractivity contribution in [3.05, 3.63) is 34.9 Å². The molecule has 0 heterocycles. The minimum Gasteiger partial charge on any atom is -0.323 e. The van der Waals surface area contributed by atoms with Crippen LogP contribution < -0.4 is 5.73 Å². The lowest BCUT2D eigenvalue weighted by molar-refractivity contribution is 0.169. The molecule has 1 nitrogen and oxygen atoms in total. The Morgan fingerprint density at radius 1 is 1.11 bits per heavy atom. The summed E-state index contributed by atoms with van der Waals surface area (Å²) in [6.45, 7) is 6.86. The average Bonchev–Trinajstić information content (AvgIpc) is 2.46. The van der Waals surface area contributed by atoms with Crippen LogP contribution in [-0.4, -0.2) is 0 Å². The first kappa shape index (κ1) is 14.6. The Morgan fingerprint density at radius 2 is 1.79 bits per heavy atom. The molecule has 1 aromatic rings. The van der Waals surface area contributed by atoms with E-state index in [4.69, 9.17) is 5.73 Å². The Bertz CT molecular complexity index is 416. The normalized spacial score (nSPS) is 20.2. The molecule has 1 atom stereocenters. The molecule has 106 valence electrons. The molecule has 19 heavy (non-hydrogen) atoms. The summed E-state index contributed by atoms with van der Waals surface area (Å²) in [7, 11) is 0.